The van der Waals surface area contributed by atoms with Crippen LogP contribution in [-0.4, -0.2) is 27.0 Å². The maximum Gasteiger partial charge on any atom is 0.241 e. The normalized spacial score (nSPS) is 10.1. The van der Waals surface area contributed by atoms with E-state index < -0.39 is 0 Å². The molecule has 0 radical (unpaired) electrons. The summed E-state index contributed by atoms with van der Waals surface area (Å²) in [6.45, 7) is 0. The Kier molecular flexibility index (Phi) is 3.16. The Morgan fingerprint density at radius 1 is 1.25 bits per heavy atom. The van der Waals surface area contributed by atoms with Gasteiger partial charge >= 0.3 is 0 Å². The standard InChI is InChI=1S/C9H9N5OS/c1-15-8-7(10)9(14-5-13-8)16-6-4-11-2-3-12-6/h2-5H,10H2,1H3. The average Bonchev–Trinajstić information content (AvgIpc) is 2.33. The van der Waals surface area contributed by atoms with Gasteiger partial charge in [0, 0.05) is 12.4 Å². The van der Waals surface area contributed by atoms with E-state index >= 15 is 0 Å². The summed E-state index contributed by atoms with van der Waals surface area (Å²) < 4.78 is 5.00. The Hall–Kier alpha value is -1.89. The fraction of sp³-hybridized carbons (Fsp3) is 0.111. The van der Waals surface area contributed by atoms with Crippen molar-refractivity contribution in [2.24, 2.45) is 0 Å². The van der Waals surface area contributed by atoms with E-state index in [1.165, 1.54) is 25.2 Å². The molecule has 2 N–H and O–H groups in total. The van der Waals surface area contributed by atoms with Crippen molar-refractivity contribution >= 4 is 17.4 Å². The van der Waals surface area contributed by atoms with Gasteiger partial charge in [-0.3, -0.25) is 4.98 Å². The second kappa shape index (κ2) is 4.75. The number of anilines is 1. The number of hydrogen-bond acceptors (Lipinski definition) is 7. The molecule has 0 saturated carbocycles. The lowest BCUT2D eigenvalue weighted by molar-refractivity contribution is 0.397. The van der Waals surface area contributed by atoms with Gasteiger partial charge in [-0.25, -0.2) is 9.97 Å². The Balaban J connectivity index is 2.28. The van der Waals surface area contributed by atoms with Gasteiger partial charge in [-0.05, 0) is 11.8 Å². The van der Waals surface area contributed by atoms with Gasteiger partial charge in [0.1, 0.15) is 22.1 Å². The van der Waals surface area contributed by atoms with Crippen molar-refractivity contribution < 1.29 is 4.74 Å². The van der Waals surface area contributed by atoms with Gasteiger partial charge in [0.2, 0.25) is 5.88 Å². The fourth-order valence-corrected chi connectivity index (χ4v) is 1.77. The second-order valence-corrected chi connectivity index (χ2v) is 3.76. The molecule has 82 valence electrons. The van der Waals surface area contributed by atoms with Gasteiger partial charge in [-0.15, -0.1) is 0 Å². The molecule has 2 rings (SSSR count). The van der Waals surface area contributed by atoms with Gasteiger partial charge in [-0.1, -0.05) is 0 Å². The zero-order chi connectivity index (χ0) is 11.4. The van der Waals surface area contributed by atoms with Crippen LogP contribution in [0.5, 0.6) is 5.88 Å². The zero-order valence-electron chi connectivity index (χ0n) is 8.49. The molecule has 0 unspecified atom stereocenters. The summed E-state index contributed by atoms with van der Waals surface area (Å²) in [5, 5.41) is 1.32. The van der Waals surface area contributed by atoms with Crippen LogP contribution in [0.1, 0.15) is 0 Å². The number of aromatic nitrogens is 4. The lowest BCUT2D eigenvalue weighted by Gasteiger charge is -2.06. The van der Waals surface area contributed by atoms with Gasteiger partial charge in [-0.2, -0.15) is 4.98 Å². The third kappa shape index (κ3) is 2.19. The molecule has 0 amide bonds. The van der Waals surface area contributed by atoms with Gasteiger partial charge < -0.3 is 10.5 Å². The van der Waals surface area contributed by atoms with Crippen LogP contribution in [-0.2, 0) is 0 Å². The van der Waals surface area contributed by atoms with Crippen molar-refractivity contribution in [3.63, 3.8) is 0 Å². The van der Waals surface area contributed by atoms with Crippen LogP contribution in [0.4, 0.5) is 5.69 Å². The smallest absolute Gasteiger partial charge is 0.241 e. The zero-order valence-corrected chi connectivity index (χ0v) is 9.31. The maximum absolute atomic E-state index is 5.82. The molecule has 0 aromatic carbocycles. The number of hydrogen-bond donors (Lipinski definition) is 1. The lowest BCUT2D eigenvalue weighted by atomic mass is 10.5. The first-order valence-corrected chi connectivity index (χ1v) is 5.21. The lowest BCUT2D eigenvalue weighted by Crippen LogP contribution is -1.99. The van der Waals surface area contributed by atoms with Crippen molar-refractivity contribution in [2.45, 2.75) is 10.1 Å². The Labute approximate surface area is 96.3 Å². The first-order chi connectivity index (χ1) is 7.81. The van der Waals surface area contributed by atoms with Crippen LogP contribution in [0.15, 0.2) is 35.0 Å². The maximum atomic E-state index is 5.82. The molecule has 0 spiro atoms. The SMILES string of the molecule is COc1ncnc(Sc2cnccn2)c1N. The van der Waals surface area contributed by atoms with Crippen LogP contribution in [0.2, 0.25) is 0 Å². The predicted octanol–water partition coefficient (Wildman–Crippen LogP) is 1.01. The second-order valence-electron chi connectivity index (χ2n) is 2.75. The van der Waals surface area contributed by atoms with E-state index in [1.807, 2.05) is 0 Å². The van der Waals surface area contributed by atoms with Crippen molar-refractivity contribution in [3.05, 3.63) is 24.9 Å². The Morgan fingerprint density at radius 2 is 2.12 bits per heavy atom. The molecule has 2 heterocycles. The van der Waals surface area contributed by atoms with Crippen molar-refractivity contribution in [2.75, 3.05) is 12.8 Å². The molecular formula is C9H9N5OS. The highest BCUT2D eigenvalue weighted by atomic mass is 32.2. The molecule has 7 heteroatoms. The molecule has 2 aromatic heterocycles. The van der Waals surface area contributed by atoms with Gasteiger partial charge in [0.05, 0.1) is 13.3 Å². The molecule has 0 aliphatic heterocycles. The van der Waals surface area contributed by atoms with E-state index in [9.17, 15) is 0 Å². The van der Waals surface area contributed by atoms with Crippen LogP contribution < -0.4 is 10.5 Å². The van der Waals surface area contributed by atoms with E-state index in [2.05, 4.69) is 19.9 Å². The largest absolute Gasteiger partial charge is 0.479 e. The summed E-state index contributed by atoms with van der Waals surface area (Å²) in [6.07, 6.45) is 6.25. The number of nitrogens with zero attached hydrogens (tertiary/aromatic N) is 4. The minimum atomic E-state index is 0.362. The van der Waals surface area contributed by atoms with Gasteiger partial charge in [0.15, 0.2) is 0 Å². The van der Waals surface area contributed by atoms with Gasteiger partial charge in [0.25, 0.3) is 0 Å². The molecule has 0 atom stereocenters. The van der Waals surface area contributed by atoms with E-state index in [1.54, 1.807) is 18.6 Å². The molecule has 16 heavy (non-hydrogen) atoms. The third-order valence-electron chi connectivity index (χ3n) is 1.74. The summed E-state index contributed by atoms with van der Waals surface area (Å²) in [4.78, 5) is 16.0. The number of ether oxygens (including phenoxy) is 1. The van der Waals surface area contributed by atoms with E-state index in [0.717, 1.165) is 5.03 Å². The average molecular weight is 235 g/mol. The van der Waals surface area contributed by atoms with E-state index in [0.29, 0.717) is 16.6 Å². The third-order valence-corrected chi connectivity index (χ3v) is 2.68. The van der Waals surface area contributed by atoms with Crippen LogP contribution in [0.25, 0.3) is 0 Å². The summed E-state index contributed by atoms with van der Waals surface area (Å²) in [6, 6.07) is 0. The van der Waals surface area contributed by atoms with Crippen molar-refractivity contribution in [1.29, 1.82) is 0 Å². The molecule has 0 saturated heterocycles. The van der Waals surface area contributed by atoms with Crippen LogP contribution >= 0.6 is 11.8 Å². The monoisotopic (exact) mass is 235 g/mol. The topological polar surface area (TPSA) is 86.8 Å². The number of rotatable bonds is 3. The molecule has 0 aliphatic carbocycles. The molecular weight excluding hydrogens is 226 g/mol. The summed E-state index contributed by atoms with van der Waals surface area (Å²) >= 11 is 1.31. The number of nitrogen functional groups attached to an aromatic ring is 1. The van der Waals surface area contributed by atoms with E-state index in [4.69, 9.17) is 10.5 Å². The molecule has 2 aromatic rings. The van der Waals surface area contributed by atoms with Crippen LogP contribution in [0, 0.1) is 0 Å². The highest BCUT2D eigenvalue weighted by Gasteiger charge is 2.10. The minimum Gasteiger partial charge on any atom is -0.479 e. The number of methoxy groups -OCH3 is 1. The highest BCUT2D eigenvalue weighted by molar-refractivity contribution is 7.99. The predicted molar refractivity (Wildman–Crippen MR) is 59.2 cm³/mol. The van der Waals surface area contributed by atoms with Crippen LogP contribution in [0.3, 0.4) is 0 Å². The van der Waals surface area contributed by atoms with Crippen molar-refractivity contribution in [3.8, 4) is 5.88 Å². The Bertz CT molecular complexity index is 479. The summed E-state index contributed by atoms with van der Waals surface area (Å²) in [5.41, 5.74) is 6.23. The van der Waals surface area contributed by atoms with E-state index in [-0.39, 0.29) is 0 Å². The highest BCUT2D eigenvalue weighted by Crippen LogP contribution is 2.31. The quantitative estimate of drug-likeness (QED) is 0.794. The molecule has 0 aliphatic rings. The molecule has 0 bridgehead atoms. The first kappa shape index (κ1) is 10.6. The molecule has 0 fully saturated rings. The summed E-state index contributed by atoms with van der Waals surface area (Å²) in [7, 11) is 1.51. The van der Waals surface area contributed by atoms with Crippen molar-refractivity contribution in [1.82, 2.24) is 19.9 Å². The first-order valence-electron chi connectivity index (χ1n) is 4.39. The number of nitrogens with two attached hydrogens (primary N) is 1. The summed E-state index contributed by atoms with van der Waals surface area (Å²) in [5.74, 6) is 0.362. The Morgan fingerprint density at radius 3 is 2.81 bits per heavy atom. The fourth-order valence-electron chi connectivity index (χ4n) is 1.05. The molecule has 6 nitrogen and oxygen atoms in total. The minimum absolute atomic E-state index is 0.362.